The smallest absolute Gasteiger partial charge is 0.271 e. The summed E-state index contributed by atoms with van der Waals surface area (Å²) in [6.45, 7) is 4.20. The van der Waals surface area contributed by atoms with Gasteiger partial charge in [0, 0.05) is 36.0 Å². The molecule has 0 fully saturated rings. The lowest BCUT2D eigenvalue weighted by molar-refractivity contribution is -0.384. The third kappa shape index (κ3) is 2.84. The van der Waals surface area contributed by atoms with Crippen LogP contribution in [0.5, 0.6) is 5.75 Å². The van der Waals surface area contributed by atoms with E-state index in [4.69, 9.17) is 0 Å². The number of nitro benzene ring substituents is 1. The van der Waals surface area contributed by atoms with Gasteiger partial charge in [-0.1, -0.05) is 32.0 Å². The molecule has 0 amide bonds. The summed E-state index contributed by atoms with van der Waals surface area (Å²) >= 11 is 0. The van der Waals surface area contributed by atoms with Gasteiger partial charge < -0.3 is 10.0 Å². The van der Waals surface area contributed by atoms with Crippen molar-refractivity contribution >= 4 is 17.1 Å². The summed E-state index contributed by atoms with van der Waals surface area (Å²) in [6, 6.07) is 11.8. The van der Waals surface area contributed by atoms with Crippen molar-refractivity contribution in [2.24, 2.45) is 10.2 Å². The number of hydrogen-bond donors (Lipinski definition) is 1. The van der Waals surface area contributed by atoms with Crippen molar-refractivity contribution in [3.05, 3.63) is 70.0 Å². The number of azo groups is 1. The molecule has 0 unspecified atom stereocenters. The predicted molar refractivity (Wildman–Crippen MR) is 95.2 cm³/mol. The topological polar surface area (TPSA) is 91.3 Å². The Kier molecular flexibility index (Phi) is 4.00. The number of allylic oxidation sites excluding steroid dienone is 1. The van der Waals surface area contributed by atoms with Gasteiger partial charge in [-0.05, 0) is 17.7 Å². The number of aromatic hydroxyl groups is 1. The number of benzene rings is 2. The highest BCUT2D eigenvalue weighted by Crippen LogP contribution is 2.46. The van der Waals surface area contributed by atoms with Crippen LogP contribution in [0.4, 0.5) is 17.1 Å². The molecule has 0 saturated heterocycles. The zero-order chi connectivity index (χ0) is 18.2. The summed E-state index contributed by atoms with van der Waals surface area (Å²) in [7, 11) is 1.96. The average Bonchev–Trinajstić information content (AvgIpc) is 2.77. The first-order valence-corrected chi connectivity index (χ1v) is 7.74. The highest BCUT2D eigenvalue weighted by atomic mass is 16.6. The summed E-state index contributed by atoms with van der Waals surface area (Å²) in [5.41, 5.74) is 2.91. The van der Waals surface area contributed by atoms with E-state index in [0.29, 0.717) is 0 Å². The molecule has 1 heterocycles. The van der Waals surface area contributed by atoms with E-state index in [-0.39, 0.29) is 22.5 Å². The van der Waals surface area contributed by atoms with E-state index in [1.807, 2.05) is 30.1 Å². The van der Waals surface area contributed by atoms with Gasteiger partial charge in [0.15, 0.2) is 0 Å². The molecule has 7 nitrogen and oxygen atoms in total. The summed E-state index contributed by atoms with van der Waals surface area (Å²) in [5, 5.41) is 28.6. The number of non-ortho nitro benzene ring substituents is 1. The lowest BCUT2D eigenvalue weighted by atomic mass is 9.84. The lowest BCUT2D eigenvalue weighted by Crippen LogP contribution is -2.22. The van der Waals surface area contributed by atoms with Crippen LogP contribution in [0.15, 0.2) is 64.6 Å². The first kappa shape index (κ1) is 16.6. The largest absolute Gasteiger partial charge is 0.506 e. The van der Waals surface area contributed by atoms with Crippen molar-refractivity contribution < 1.29 is 10.0 Å². The lowest BCUT2D eigenvalue weighted by Gasteiger charge is -2.22. The van der Waals surface area contributed by atoms with Crippen LogP contribution in [0.3, 0.4) is 0 Å². The summed E-state index contributed by atoms with van der Waals surface area (Å²) < 4.78 is 0. The minimum atomic E-state index is -0.540. The number of phenolic OH excluding ortho intramolecular Hbond substituents is 1. The van der Waals surface area contributed by atoms with Gasteiger partial charge in [-0.15, -0.1) is 5.11 Å². The fourth-order valence-electron chi connectivity index (χ4n) is 3.08. The molecule has 0 aliphatic carbocycles. The average molecular weight is 338 g/mol. The minimum Gasteiger partial charge on any atom is -0.506 e. The number of rotatable bonds is 3. The minimum absolute atomic E-state index is 0.0574. The van der Waals surface area contributed by atoms with E-state index in [1.54, 1.807) is 6.20 Å². The van der Waals surface area contributed by atoms with Crippen LogP contribution in [0, 0.1) is 10.1 Å². The van der Waals surface area contributed by atoms with Gasteiger partial charge in [0.2, 0.25) is 0 Å². The summed E-state index contributed by atoms with van der Waals surface area (Å²) in [5.74, 6) is -0.157. The van der Waals surface area contributed by atoms with Gasteiger partial charge in [0.05, 0.1) is 11.1 Å². The molecular weight excluding hydrogens is 320 g/mol. The Hall–Kier alpha value is -3.22. The van der Waals surface area contributed by atoms with Crippen LogP contribution in [-0.4, -0.2) is 17.1 Å². The predicted octanol–water partition coefficient (Wildman–Crippen LogP) is 4.65. The van der Waals surface area contributed by atoms with Crippen molar-refractivity contribution in [3.8, 4) is 5.75 Å². The molecule has 0 aromatic heterocycles. The monoisotopic (exact) mass is 338 g/mol. The second-order valence-corrected chi connectivity index (χ2v) is 6.36. The number of phenols is 1. The van der Waals surface area contributed by atoms with Gasteiger partial charge in [-0.2, -0.15) is 5.11 Å². The Morgan fingerprint density at radius 1 is 1.24 bits per heavy atom. The number of para-hydroxylation sites is 1. The van der Waals surface area contributed by atoms with Crippen LogP contribution in [0.1, 0.15) is 19.4 Å². The Labute approximate surface area is 145 Å². The Bertz CT molecular complexity index is 903. The van der Waals surface area contributed by atoms with Crippen molar-refractivity contribution in [2.75, 3.05) is 11.9 Å². The fourth-order valence-corrected chi connectivity index (χ4v) is 3.08. The van der Waals surface area contributed by atoms with E-state index < -0.39 is 4.92 Å². The van der Waals surface area contributed by atoms with Crippen molar-refractivity contribution in [3.63, 3.8) is 0 Å². The van der Waals surface area contributed by atoms with Crippen LogP contribution >= 0.6 is 0 Å². The second kappa shape index (κ2) is 6.01. The third-order valence-corrected chi connectivity index (χ3v) is 4.46. The van der Waals surface area contributed by atoms with E-state index in [0.717, 1.165) is 11.4 Å². The molecule has 0 spiro atoms. The van der Waals surface area contributed by atoms with Gasteiger partial charge in [0.1, 0.15) is 11.4 Å². The molecular formula is C18H18N4O3. The molecule has 2 aromatic carbocycles. The molecule has 1 aliphatic heterocycles. The molecule has 25 heavy (non-hydrogen) atoms. The van der Waals surface area contributed by atoms with Crippen LogP contribution in [-0.2, 0) is 5.41 Å². The first-order chi connectivity index (χ1) is 11.8. The van der Waals surface area contributed by atoms with Gasteiger partial charge in [0.25, 0.3) is 5.69 Å². The molecule has 0 radical (unpaired) electrons. The highest BCUT2D eigenvalue weighted by Gasteiger charge is 2.38. The van der Waals surface area contributed by atoms with Crippen molar-refractivity contribution in [2.45, 2.75) is 19.3 Å². The van der Waals surface area contributed by atoms with Crippen LogP contribution in [0.2, 0.25) is 0 Å². The SMILES string of the molecule is CN1/C(=C/N=Nc2cc([N+](=O)[O-])ccc2O)C(C)(C)c2ccccc21. The van der Waals surface area contributed by atoms with Gasteiger partial charge >= 0.3 is 0 Å². The second-order valence-electron chi connectivity index (χ2n) is 6.36. The normalized spacial score (nSPS) is 17.2. The summed E-state index contributed by atoms with van der Waals surface area (Å²) in [6.07, 6.45) is 1.62. The quantitative estimate of drug-likeness (QED) is 0.501. The maximum absolute atomic E-state index is 10.8. The molecule has 1 aliphatic rings. The van der Waals surface area contributed by atoms with Crippen LogP contribution < -0.4 is 4.90 Å². The Morgan fingerprint density at radius 2 is 1.96 bits per heavy atom. The zero-order valence-corrected chi connectivity index (χ0v) is 14.2. The third-order valence-electron chi connectivity index (χ3n) is 4.46. The molecule has 2 aromatic rings. The van der Waals surface area contributed by atoms with Crippen molar-refractivity contribution in [1.82, 2.24) is 0 Å². The van der Waals surface area contributed by atoms with E-state index in [9.17, 15) is 15.2 Å². The molecule has 0 bridgehead atoms. The maximum atomic E-state index is 10.8. The molecule has 0 saturated carbocycles. The highest BCUT2D eigenvalue weighted by molar-refractivity contribution is 5.69. The number of nitrogens with zero attached hydrogens (tertiary/aromatic N) is 4. The fraction of sp³-hybridized carbons (Fsp3) is 0.222. The number of anilines is 1. The molecule has 128 valence electrons. The maximum Gasteiger partial charge on any atom is 0.271 e. The molecule has 0 atom stereocenters. The van der Waals surface area contributed by atoms with Gasteiger partial charge in [-0.3, -0.25) is 10.1 Å². The standard InChI is InChI=1S/C18H18N4O3/c1-18(2)13-6-4-5-7-15(13)21(3)17(18)11-19-20-14-10-12(22(24)25)8-9-16(14)23/h4-11,23H,1-3H3/b17-11+,20-19?. The van der Waals surface area contributed by atoms with Crippen molar-refractivity contribution in [1.29, 1.82) is 0 Å². The van der Waals surface area contributed by atoms with E-state index >= 15 is 0 Å². The van der Waals surface area contributed by atoms with Crippen LogP contribution in [0.25, 0.3) is 0 Å². The summed E-state index contributed by atoms with van der Waals surface area (Å²) in [4.78, 5) is 12.3. The van der Waals surface area contributed by atoms with Gasteiger partial charge in [-0.25, -0.2) is 0 Å². The molecule has 7 heteroatoms. The first-order valence-electron chi connectivity index (χ1n) is 7.74. The zero-order valence-electron chi connectivity index (χ0n) is 14.2. The molecule has 1 N–H and O–H groups in total. The Balaban J connectivity index is 1.94. The number of fused-ring (bicyclic) bond motifs is 1. The number of likely N-dealkylation sites (N-methyl/N-ethyl adjacent to an activating group) is 1. The number of nitro groups is 1. The van der Waals surface area contributed by atoms with E-state index in [1.165, 1.54) is 23.8 Å². The number of hydrogen-bond acceptors (Lipinski definition) is 6. The molecule has 3 rings (SSSR count). The Morgan fingerprint density at radius 3 is 2.64 bits per heavy atom. The van der Waals surface area contributed by atoms with E-state index in [2.05, 4.69) is 30.1 Å².